The third-order valence-corrected chi connectivity index (χ3v) is 6.36. The summed E-state index contributed by atoms with van der Waals surface area (Å²) in [5.74, 6) is -0.520. The number of carbonyl (C=O) groups excluding carboxylic acids is 1. The standard InChI is InChI=1S/C18H16N4O3S2/c1-13(14-8-10-19-11-9-14)20-21-18(23)15-5-2-3-6-16(15)22-27(24,25)17-7-4-12-26-17/h2-12,22H,1H3,(H,21,23)/b20-13-. The van der Waals surface area contributed by atoms with Crippen molar-refractivity contribution in [2.24, 2.45) is 5.10 Å². The van der Waals surface area contributed by atoms with Crippen LogP contribution in [-0.2, 0) is 10.0 Å². The molecule has 0 bridgehead atoms. The predicted molar refractivity (Wildman–Crippen MR) is 105 cm³/mol. The summed E-state index contributed by atoms with van der Waals surface area (Å²) in [6.07, 6.45) is 3.26. The van der Waals surface area contributed by atoms with Gasteiger partial charge in [0.15, 0.2) is 0 Å². The Kier molecular flexibility index (Phi) is 5.63. The Morgan fingerprint density at radius 2 is 1.81 bits per heavy atom. The van der Waals surface area contributed by atoms with Gasteiger partial charge in [-0.3, -0.25) is 14.5 Å². The normalized spacial score (nSPS) is 11.8. The molecule has 0 spiro atoms. The van der Waals surface area contributed by atoms with Crippen LogP contribution in [0.5, 0.6) is 0 Å². The molecule has 0 aliphatic carbocycles. The quantitative estimate of drug-likeness (QED) is 0.490. The monoisotopic (exact) mass is 400 g/mol. The van der Waals surface area contributed by atoms with Crippen LogP contribution in [0.2, 0.25) is 0 Å². The van der Waals surface area contributed by atoms with Crippen LogP contribution in [0, 0.1) is 0 Å². The molecule has 0 aliphatic heterocycles. The van der Waals surface area contributed by atoms with E-state index >= 15 is 0 Å². The molecular formula is C18H16N4O3S2. The van der Waals surface area contributed by atoms with E-state index in [1.807, 2.05) is 0 Å². The molecule has 0 saturated heterocycles. The van der Waals surface area contributed by atoms with Gasteiger partial charge in [-0.15, -0.1) is 11.3 Å². The maximum atomic E-state index is 12.5. The summed E-state index contributed by atoms with van der Waals surface area (Å²) in [5.41, 5.74) is 4.22. The maximum absolute atomic E-state index is 12.5. The zero-order valence-electron chi connectivity index (χ0n) is 14.3. The van der Waals surface area contributed by atoms with Crippen molar-refractivity contribution >= 4 is 38.7 Å². The number of thiophene rings is 1. The Morgan fingerprint density at radius 3 is 2.52 bits per heavy atom. The highest BCUT2D eigenvalue weighted by atomic mass is 32.2. The average Bonchev–Trinajstić information content (AvgIpc) is 3.22. The van der Waals surface area contributed by atoms with Gasteiger partial charge in [0.05, 0.1) is 17.0 Å². The van der Waals surface area contributed by atoms with E-state index in [4.69, 9.17) is 0 Å². The van der Waals surface area contributed by atoms with Gasteiger partial charge in [-0.2, -0.15) is 5.10 Å². The molecule has 0 fully saturated rings. The van der Waals surface area contributed by atoms with Gasteiger partial charge in [0.25, 0.3) is 15.9 Å². The van der Waals surface area contributed by atoms with Crippen LogP contribution in [-0.4, -0.2) is 25.0 Å². The van der Waals surface area contributed by atoms with Crippen LogP contribution in [0.1, 0.15) is 22.8 Å². The minimum Gasteiger partial charge on any atom is -0.278 e. The number of rotatable bonds is 6. The van der Waals surface area contributed by atoms with Crippen LogP contribution in [0.3, 0.4) is 0 Å². The number of nitrogens with one attached hydrogen (secondary N) is 2. The van der Waals surface area contributed by atoms with Gasteiger partial charge in [0.2, 0.25) is 0 Å². The summed E-state index contributed by atoms with van der Waals surface area (Å²) in [5, 5.41) is 5.74. The molecule has 3 aromatic rings. The van der Waals surface area contributed by atoms with Gasteiger partial charge in [-0.05, 0) is 42.6 Å². The smallest absolute Gasteiger partial charge is 0.273 e. The third kappa shape index (κ3) is 4.57. The summed E-state index contributed by atoms with van der Waals surface area (Å²) in [6, 6.07) is 13.0. The van der Waals surface area contributed by atoms with E-state index in [0.717, 1.165) is 16.9 Å². The summed E-state index contributed by atoms with van der Waals surface area (Å²) >= 11 is 1.10. The van der Waals surface area contributed by atoms with E-state index in [-0.39, 0.29) is 15.5 Å². The van der Waals surface area contributed by atoms with Crippen LogP contribution in [0.4, 0.5) is 5.69 Å². The maximum Gasteiger partial charge on any atom is 0.273 e. The Balaban J connectivity index is 1.80. The molecule has 0 radical (unpaired) electrons. The molecule has 1 aromatic carbocycles. The van der Waals surface area contributed by atoms with Gasteiger partial charge >= 0.3 is 0 Å². The second-order valence-corrected chi connectivity index (χ2v) is 8.31. The zero-order valence-corrected chi connectivity index (χ0v) is 15.9. The summed E-state index contributed by atoms with van der Waals surface area (Å²) in [7, 11) is -3.75. The fourth-order valence-electron chi connectivity index (χ4n) is 2.23. The van der Waals surface area contributed by atoms with E-state index < -0.39 is 15.9 Å². The lowest BCUT2D eigenvalue weighted by molar-refractivity contribution is 0.0955. The number of pyridine rings is 1. The lowest BCUT2D eigenvalue weighted by Crippen LogP contribution is -2.22. The minimum absolute atomic E-state index is 0.170. The van der Waals surface area contributed by atoms with Crippen LogP contribution in [0.15, 0.2) is 75.6 Å². The molecule has 2 N–H and O–H groups in total. The van der Waals surface area contributed by atoms with Crippen molar-refractivity contribution < 1.29 is 13.2 Å². The molecule has 7 nitrogen and oxygen atoms in total. The molecule has 27 heavy (non-hydrogen) atoms. The molecule has 9 heteroatoms. The number of aromatic nitrogens is 1. The average molecular weight is 400 g/mol. The topological polar surface area (TPSA) is 101 Å². The zero-order chi connectivity index (χ0) is 19.3. The number of benzene rings is 1. The number of amides is 1. The van der Waals surface area contributed by atoms with Crippen molar-refractivity contribution in [3.05, 3.63) is 77.4 Å². The molecule has 138 valence electrons. The van der Waals surface area contributed by atoms with Crippen LogP contribution in [0.25, 0.3) is 0 Å². The lowest BCUT2D eigenvalue weighted by Gasteiger charge is -2.11. The highest BCUT2D eigenvalue weighted by molar-refractivity contribution is 7.94. The fraction of sp³-hybridized carbons (Fsp3) is 0.0556. The van der Waals surface area contributed by atoms with Gasteiger partial charge in [-0.1, -0.05) is 18.2 Å². The molecule has 3 rings (SSSR count). The van der Waals surface area contributed by atoms with Crippen molar-refractivity contribution in [3.63, 3.8) is 0 Å². The highest BCUT2D eigenvalue weighted by Gasteiger charge is 2.19. The Labute approximate surface area is 160 Å². The number of anilines is 1. The van der Waals surface area contributed by atoms with Gasteiger partial charge in [-0.25, -0.2) is 13.8 Å². The van der Waals surface area contributed by atoms with Crippen molar-refractivity contribution in [2.45, 2.75) is 11.1 Å². The van der Waals surface area contributed by atoms with Crippen molar-refractivity contribution in [1.29, 1.82) is 0 Å². The van der Waals surface area contributed by atoms with Crippen LogP contribution >= 0.6 is 11.3 Å². The first-order chi connectivity index (χ1) is 13.0. The summed E-state index contributed by atoms with van der Waals surface area (Å²) < 4.78 is 27.5. The van der Waals surface area contributed by atoms with E-state index in [1.165, 1.54) is 18.2 Å². The molecule has 2 heterocycles. The van der Waals surface area contributed by atoms with E-state index in [1.54, 1.807) is 55.0 Å². The second-order valence-electron chi connectivity index (χ2n) is 5.46. The summed E-state index contributed by atoms with van der Waals surface area (Å²) in [6.45, 7) is 1.75. The highest BCUT2D eigenvalue weighted by Crippen LogP contribution is 2.22. The number of sulfonamides is 1. The predicted octanol–water partition coefficient (Wildman–Crippen LogP) is 3.10. The van der Waals surface area contributed by atoms with Crippen LogP contribution < -0.4 is 10.1 Å². The Bertz CT molecular complexity index is 1060. The number of hydrogen-bond acceptors (Lipinski definition) is 6. The Morgan fingerprint density at radius 1 is 1.07 bits per heavy atom. The molecule has 0 aliphatic rings. The number of hydrazone groups is 1. The van der Waals surface area contributed by atoms with E-state index in [2.05, 4.69) is 20.2 Å². The lowest BCUT2D eigenvalue weighted by atomic mass is 10.2. The van der Waals surface area contributed by atoms with Gasteiger partial charge in [0, 0.05) is 18.0 Å². The van der Waals surface area contributed by atoms with E-state index in [0.29, 0.717) is 5.71 Å². The third-order valence-electron chi connectivity index (χ3n) is 3.60. The fourth-order valence-corrected chi connectivity index (χ4v) is 4.31. The first-order valence-corrected chi connectivity index (χ1v) is 10.2. The number of nitrogens with zero attached hydrogens (tertiary/aromatic N) is 2. The van der Waals surface area contributed by atoms with Crippen molar-refractivity contribution in [1.82, 2.24) is 10.4 Å². The minimum atomic E-state index is -3.75. The van der Waals surface area contributed by atoms with Gasteiger partial charge < -0.3 is 0 Å². The molecule has 1 amide bonds. The van der Waals surface area contributed by atoms with Crippen molar-refractivity contribution in [2.75, 3.05) is 4.72 Å². The Hall–Kier alpha value is -3.04. The molecule has 0 atom stereocenters. The number of carbonyl (C=O) groups is 1. The van der Waals surface area contributed by atoms with Crippen molar-refractivity contribution in [3.8, 4) is 0 Å². The first kappa shape index (κ1) is 18.7. The second kappa shape index (κ2) is 8.11. The number of para-hydroxylation sites is 1. The molecule has 0 unspecified atom stereocenters. The molecular weight excluding hydrogens is 384 g/mol. The molecule has 2 aromatic heterocycles. The summed E-state index contributed by atoms with van der Waals surface area (Å²) in [4.78, 5) is 16.4. The molecule has 0 saturated carbocycles. The first-order valence-electron chi connectivity index (χ1n) is 7.88. The largest absolute Gasteiger partial charge is 0.278 e. The SMILES string of the molecule is C/C(=N/NC(=O)c1ccccc1NS(=O)(=O)c1cccs1)c1ccncc1. The van der Waals surface area contributed by atoms with E-state index in [9.17, 15) is 13.2 Å². The number of hydrogen-bond donors (Lipinski definition) is 2. The van der Waals surface area contributed by atoms with Gasteiger partial charge in [0.1, 0.15) is 4.21 Å².